The number of hydrogen-bond donors (Lipinski definition) is 0. The second kappa shape index (κ2) is 3.01. The summed E-state index contributed by atoms with van der Waals surface area (Å²) in [6, 6.07) is 8.03. The Morgan fingerprint density at radius 2 is 1.77 bits per heavy atom. The van der Waals surface area contributed by atoms with Crippen molar-refractivity contribution in [1.82, 2.24) is 10.1 Å². The van der Waals surface area contributed by atoms with E-state index in [1.807, 2.05) is 31.2 Å². The van der Waals surface area contributed by atoms with E-state index < -0.39 is 0 Å². The molecule has 1 heterocycles. The lowest BCUT2D eigenvalue weighted by molar-refractivity contribution is 0.394. The van der Waals surface area contributed by atoms with Crippen molar-refractivity contribution in [1.29, 1.82) is 0 Å². The van der Waals surface area contributed by atoms with Crippen molar-refractivity contribution in [2.24, 2.45) is 0 Å². The number of hydrogen-bond acceptors (Lipinski definition) is 3. The van der Waals surface area contributed by atoms with Crippen LogP contribution >= 0.6 is 0 Å². The maximum Gasteiger partial charge on any atom is 0.223 e. The molecule has 0 amide bonds. The first-order valence-electron chi connectivity index (χ1n) is 4.13. The van der Waals surface area contributed by atoms with Gasteiger partial charge < -0.3 is 4.52 Å². The average molecular weight is 174 g/mol. The highest BCUT2D eigenvalue weighted by Gasteiger charge is 2.03. The summed E-state index contributed by atoms with van der Waals surface area (Å²) in [6.07, 6.45) is 0. The molecule has 0 atom stereocenters. The van der Waals surface area contributed by atoms with E-state index >= 15 is 0 Å². The second-order valence-corrected chi connectivity index (χ2v) is 3.00. The van der Waals surface area contributed by atoms with Gasteiger partial charge in [0.15, 0.2) is 0 Å². The molecule has 0 unspecified atom stereocenters. The van der Waals surface area contributed by atoms with Gasteiger partial charge in [0.1, 0.15) is 0 Å². The molecule has 0 saturated heterocycles. The smallest absolute Gasteiger partial charge is 0.223 e. The first-order valence-corrected chi connectivity index (χ1v) is 4.13. The van der Waals surface area contributed by atoms with E-state index in [2.05, 4.69) is 10.1 Å². The lowest BCUT2D eigenvalue weighted by Gasteiger charge is -1.93. The minimum absolute atomic E-state index is 0.593. The van der Waals surface area contributed by atoms with Crippen LogP contribution in [-0.2, 0) is 0 Å². The van der Waals surface area contributed by atoms with Crippen LogP contribution < -0.4 is 0 Å². The molecule has 1 aromatic carbocycles. The minimum Gasteiger partial charge on any atom is -0.339 e. The Labute approximate surface area is 76.4 Å². The minimum atomic E-state index is 0.593. The van der Waals surface area contributed by atoms with Crippen molar-refractivity contribution in [3.05, 3.63) is 35.7 Å². The molecule has 0 aliphatic rings. The molecule has 0 N–H and O–H groups in total. The van der Waals surface area contributed by atoms with Gasteiger partial charge in [0.05, 0.1) is 0 Å². The number of rotatable bonds is 1. The quantitative estimate of drug-likeness (QED) is 0.666. The highest BCUT2D eigenvalue weighted by atomic mass is 16.5. The lowest BCUT2D eigenvalue weighted by Crippen LogP contribution is -1.80. The van der Waals surface area contributed by atoms with Gasteiger partial charge in [-0.15, -0.1) is 0 Å². The van der Waals surface area contributed by atoms with E-state index in [4.69, 9.17) is 4.52 Å². The van der Waals surface area contributed by atoms with E-state index in [1.165, 1.54) is 5.56 Å². The van der Waals surface area contributed by atoms with Gasteiger partial charge >= 0.3 is 0 Å². The summed E-state index contributed by atoms with van der Waals surface area (Å²) in [5.41, 5.74) is 2.21. The number of aromatic nitrogens is 2. The fourth-order valence-electron chi connectivity index (χ4n) is 1.12. The first-order chi connectivity index (χ1) is 6.25. The van der Waals surface area contributed by atoms with Crippen LogP contribution in [0, 0.1) is 13.8 Å². The number of nitrogens with zero attached hydrogens (tertiary/aromatic N) is 2. The molecule has 13 heavy (non-hydrogen) atoms. The maximum atomic E-state index is 4.89. The monoisotopic (exact) mass is 174 g/mol. The molecule has 3 nitrogen and oxygen atoms in total. The number of aryl methyl sites for hydroxylation is 2. The van der Waals surface area contributed by atoms with Gasteiger partial charge in [-0.25, -0.2) is 0 Å². The SMILES string of the molecule is Cc1ccc(-c2noc(C)n2)cc1. The normalized spacial score (nSPS) is 10.3. The Morgan fingerprint density at radius 1 is 1.08 bits per heavy atom. The Hall–Kier alpha value is -1.64. The van der Waals surface area contributed by atoms with Crippen LogP contribution in [0.1, 0.15) is 11.5 Å². The van der Waals surface area contributed by atoms with Gasteiger partial charge in [-0.3, -0.25) is 0 Å². The number of benzene rings is 1. The predicted octanol–water partition coefficient (Wildman–Crippen LogP) is 2.35. The van der Waals surface area contributed by atoms with Crippen LogP contribution in [0.25, 0.3) is 11.4 Å². The van der Waals surface area contributed by atoms with Crippen LogP contribution in [0.4, 0.5) is 0 Å². The molecule has 66 valence electrons. The van der Waals surface area contributed by atoms with Crippen molar-refractivity contribution < 1.29 is 4.52 Å². The van der Waals surface area contributed by atoms with Crippen LogP contribution in [0.5, 0.6) is 0 Å². The topological polar surface area (TPSA) is 38.9 Å². The fraction of sp³-hybridized carbons (Fsp3) is 0.200. The van der Waals surface area contributed by atoms with Crippen LogP contribution in [-0.4, -0.2) is 10.1 Å². The van der Waals surface area contributed by atoms with Gasteiger partial charge in [-0.05, 0) is 6.92 Å². The van der Waals surface area contributed by atoms with E-state index in [-0.39, 0.29) is 0 Å². The molecular weight excluding hydrogens is 164 g/mol. The van der Waals surface area contributed by atoms with Crippen LogP contribution in [0.15, 0.2) is 28.8 Å². The Balaban J connectivity index is 2.41. The van der Waals surface area contributed by atoms with Crippen molar-refractivity contribution in [3.8, 4) is 11.4 Å². The first kappa shape index (κ1) is 7.98. The van der Waals surface area contributed by atoms with Crippen molar-refractivity contribution in [3.63, 3.8) is 0 Å². The molecular formula is C10H10N2O. The van der Waals surface area contributed by atoms with Crippen LogP contribution in [0.3, 0.4) is 0 Å². The molecule has 0 saturated carbocycles. The van der Waals surface area contributed by atoms with Gasteiger partial charge in [-0.1, -0.05) is 35.0 Å². The van der Waals surface area contributed by atoms with Crippen molar-refractivity contribution in [2.45, 2.75) is 13.8 Å². The summed E-state index contributed by atoms with van der Waals surface area (Å²) in [6.45, 7) is 3.83. The van der Waals surface area contributed by atoms with Crippen LogP contribution in [0.2, 0.25) is 0 Å². The highest BCUT2D eigenvalue weighted by Crippen LogP contribution is 2.15. The summed E-state index contributed by atoms with van der Waals surface area (Å²) in [5, 5.41) is 3.83. The predicted molar refractivity (Wildman–Crippen MR) is 49.2 cm³/mol. The molecule has 3 heteroatoms. The average Bonchev–Trinajstić information content (AvgIpc) is 2.53. The van der Waals surface area contributed by atoms with Gasteiger partial charge in [0.2, 0.25) is 11.7 Å². The Bertz CT molecular complexity index is 403. The standard InChI is InChI=1S/C10H10N2O/c1-7-3-5-9(6-4-7)10-11-8(2)13-12-10/h3-6H,1-2H3. The lowest BCUT2D eigenvalue weighted by atomic mass is 10.1. The van der Waals surface area contributed by atoms with Gasteiger partial charge in [-0.2, -0.15) is 4.98 Å². The third-order valence-corrected chi connectivity index (χ3v) is 1.84. The third kappa shape index (κ3) is 1.59. The van der Waals surface area contributed by atoms with E-state index in [1.54, 1.807) is 6.92 Å². The zero-order valence-corrected chi connectivity index (χ0v) is 7.61. The zero-order chi connectivity index (χ0) is 9.26. The molecule has 0 aliphatic heterocycles. The zero-order valence-electron chi connectivity index (χ0n) is 7.61. The summed E-state index contributed by atoms with van der Waals surface area (Å²) in [4.78, 5) is 4.13. The fourth-order valence-corrected chi connectivity index (χ4v) is 1.12. The molecule has 2 aromatic rings. The molecule has 1 aromatic heterocycles. The molecule has 0 bridgehead atoms. The Morgan fingerprint density at radius 3 is 2.31 bits per heavy atom. The molecule has 0 fully saturated rings. The highest BCUT2D eigenvalue weighted by molar-refractivity contribution is 5.54. The van der Waals surface area contributed by atoms with E-state index in [9.17, 15) is 0 Å². The molecule has 2 rings (SSSR count). The second-order valence-electron chi connectivity index (χ2n) is 3.00. The summed E-state index contributed by atoms with van der Waals surface area (Å²) < 4.78 is 4.89. The molecule has 0 spiro atoms. The summed E-state index contributed by atoms with van der Waals surface area (Å²) in [5.74, 6) is 1.24. The molecule has 0 aliphatic carbocycles. The summed E-state index contributed by atoms with van der Waals surface area (Å²) >= 11 is 0. The Kier molecular flexibility index (Phi) is 1.85. The van der Waals surface area contributed by atoms with Crippen molar-refractivity contribution in [2.75, 3.05) is 0 Å². The van der Waals surface area contributed by atoms with Gasteiger partial charge in [0, 0.05) is 12.5 Å². The summed E-state index contributed by atoms with van der Waals surface area (Å²) in [7, 11) is 0. The van der Waals surface area contributed by atoms with Crippen molar-refractivity contribution >= 4 is 0 Å². The molecule has 0 radical (unpaired) electrons. The van der Waals surface area contributed by atoms with E-state index in [0.29, 0.717) is 11.7 Å². The van der Waals surface area contributed by atoms with Gasteiger partial charge in [0.25, 0.3) is 0 Å². The maximum absolute atomic E-state index is 4.89. The largest absolute Gasteiger partial charge is 0.339 e. The van der Waals surface area contributed by atoms with E-state index in [0.717, 1.165) is 5.56 Å². The third-order valence-electron chi connectivity index (χ3n) is 1.84.